The van der Waals surface area contributed by atoms with Crippen LogP contribution in [0.25, 0.3) is 0 Å². The highest BCUT2D eigenvalue weighted by Gasteiger charge is 2.43. The first kappa shape index (κ1) is 24.1. The Kier molecular flexibility index (Phi) is 7.76. The topological polar surface area (TPSA) is 59.1 Å². The van der Waals surface area contributed by atoms with Crippen molar-refractivity contribution in [1.29, 1.82) is 0 Å². The van der Waals surface area contributed by atoms with Crippen molar-refractivity contribution in [2.24, 2.45) is 0 Å². The number of rotatable bonds is 7. The quantitative estimate of drug-likeness (QED) is 0.539. The summed E-state index contributed by atoms with van der Waals surface area (Å²) in [5, 5.41) is 0. The Labute approximate surface area is 202 Å². The molecule has 6 heteroatoms. The summed E-state index contributed by atoms with van der Waals surface area (Å²) in [6, 6.07) is 13.2. The monoisotopic (exact) mass is 464 g/mol. The molecule has 2 amide bonds. The summed E-state index contributed by atoms with van der Waals surface area (Å²) in [6.07, 6.45) is 6.55. The van der Waals surface area contributed by atoms with Crippen LogP contribution >= 0.6 is 0 Å². The first-order valence-electron chi connectivity index (χ1n) is 12.5. The zero-order chi connectivity index (χ0) is 24.1. The molecule has 182 valence electrons. The molecule has 0 aromatic heterocycles. The zero-order valence-corrected chi connectivity index (χ0v) is 20.6. The van der Waals surface area contributed by atoms with Gasteiger partial charge in [0.05, 0.1) is 13.7 Å². The molecule has 0 radical (unpaired) electrons. The van der Waals surface area contributed by atoms with E-state index in [0.717, 1.165) is 42.4 Å². The van der Waals surface area contributed by atoms with E-state index in [9.17, 15) is 9.59 Å². The van der Waals surface area contributed by atoms with E-state index in [1.54, 1.807) is 12.0 Å². The number of aryl methyl sites for hydroxylation is 1. The van der Waals surface area contributed by atoms with E-state index < -0.39 is 6.04 Å². The van der Waals surface area contributed by atoms with Gasteiger partial charge in [-0.15, -0.1) is 0 Å². The second-order valence-electron chi connectivity index (χ2n) is 9.36. The van der Waals surface area contributed by atoms with E-state index in [1.165, 1.54) is 12.8 Å². The maximum absolute atomic E-state index is 14.0. The molecular formula is C28H36N2O4. The molecule has 1 saturated heterocycles. The normalized spacial score (nSPS) is 19.8. The highest BCUT2D eigenvalue weighted by molar-refractivity contribution is 5.96. The molecule has 6 nitrogen and oxygen atoms in total. The molecule has 1 aliphatic heterocycles. The lowest BCUT2D eigenvalue weighted by Crippen LogP contribution is -2.57. The molecule has 2 aromatic carbocycles. The summed E-state index contributed by atoms with van der Waals surface area (Å²) < 4.78 is 11.2. The molecule has 1 heterocycles. The van der Waals surface area contributed by atoms with Crippen LogP contribution in [0.4, 0.5) is 0 Å². The minimum Gasteiger partial charge on any atom is -0.493 e. The third kappa shape index (κ3) is 5.21. The lowest BCUT2D eigenvalue weighted by molar-refractivity contribution is -0.159. The Balaban J connectivity index is 1.71. The van der Waals surface area contributed by atoms with E-state index in [2.05, 4.69) is 0 Å². The molecule has 2 aromatic rings. The molecule has 1 aliphatic carbocycles. The van der Waals surface area contributed by atoms with Gasteiger partial charge in [0.15, 0.2) is 11.5 Å². The van der Waals surface area contributed by atoms with Crippen LogP contribution in [0, 0.1) is 6.92 Å². The summed E-state index contributed by atoms with van der Waals surface area (Å²) in [5.74, 6) is 1.20. The maximum atomic E-state index is 14.0. The van der Waals surface area contributed by atoms with E-state index >= 15 is 0 Å². The molecule has 34 heavy (non-hydrogen) atoms. The van der Waals surface area contributed by atoms with Gasteiger partial charge in [-0.25, -0.2) is 0 Å². The van der Waals surface area contributed by atoms with E-state index in [0.29, 0.717) is 24.7 Å². The van der Waals surface area contributed by atoms with Gasteiger partial charge in [0.2, 0.25) is 5.91 Å². The Morgan fingerprint density at radius 2 is 1.65 bits per heavy atom. The molecule has 0 unspecified atom stereocenters. The number of nitrogens with zero attached hydrogens (tertiary/aromatic N) is 2. The largest absolute Gasteiger partial charge is 0.493 e. The number of carbonyl (C=O) groups excluding carboxylic acids is 2. The van der Waals surface area contributed by atoms with Gasteiger partial charge in [0.1, 0.15) is 12.6 Å². The van der Waals surface area contributed by atoms with Crippen molar-refractivity contribution in [2.75, 3.05) is 20.3 Å². The average molecular weight is 465 g/mol. The first-order valence-corrected chi connectivity index (χ1v) is 12.5. The highest BCUT2D eigenvalue weighted by Crippen LogP contribution is 2.37. The van der Waals surface area contributed by atoms with Crippen LogP contribution in [0.5, 0.6) is 11.5 Å². The zero-order valence-electron chi connectivity index (χ0n) is 20.6. The second kappa shape index (κ2) is 10.9. The third-order valence-electron chi connectivity index (χ3n) is 7.00. The van der Waals surface area contributed by atoms with Gasteiger partial charge < -0.3 is 19.3 Å². The lowest BCUT2D eigenvalue weighted by Gasteiger charge is -2.43. The third-order valence-corrected chi connectivity index (χ3v) is 7.00. The van der Waals surface area contributed by atoms with Crippen LogP contribution in [-0.2, 0) is 16.1 Å². The van der Waals surface area contributed by atoms with Crippen molar-refractivity contribution < 1.29 is 19.1 Å². The Bertz CT molecular complexity index is 996. The van der Waals surface area contributed by atoms with Gasteiger partial charge in [-0.3, -0.25) is 9.59 Å². The van der Waals surface area contributed by atoms with Crippen LogP contribution < -0.4 is 9.47 Å². The second-order valence-corrected chi connectivity index (χ2v) is 9.36. The van der Waals surface area contributed by atoms with Gasteiger partial charge in [-0.2, -0.15) is 0 Å². The van der Waals surface area contributed by atoms with Crippen LogP contribution in [0.1, 0.15) is 68.2 Å². The molecule has 2 fully saturated rings. The Hall–Kier alpha value is -3.02. The fourth-order valence-corrected chi connectivity index (χ4v) is 5.15. The molecule has 0 bridgehead atoms. The van der Waals surface area contributed by atoms with Gasteiger partial charge in [0, 0.05) is 12.6 Å². The summed E-state index contributed by atoms with van der Waals surface area (Å²) in [5.41, 5.74) is 2.93. The van der Waals surface area contributed by atoms with Gasteiger partial charge in [0.25, 0.3) is 5.91 Å². The summed E-state index contributed by atoms with van der Waals surface area (Å²) in [7, 11) is 1.59. The number of methoxy groups -OCH3 is 1. The van der Waals surface area contributed by atoms with Crippen molar-refractivity contribution in [3.8, 4) is 11.5 Å². The fraction of sp³-hybridized carbons (Fsp3) is 0.500. The molecule has 0 N–H and O–H groups in total. The number of hydrogen-bond donors (Lipinski definition) is 0. The summed E-state index contributed by atoms with van der Waals surface area (Å²) in [4.78, 5) is 31.1. The number of benzene rings is 2. The minimum absolute atomic E-state index is 0.00447. The van der Waals surface area contributed by atoms with Crippen LogP contribution in [0.2, 0.25) is 0 Å². The van der Waals surface area contributed by atoms with Crippen molar-refractivity contribution in [3.05, 3.63) is 59.2 Å². The maximum Gasteiger partial charge on any atom is 0.250 e. The van der Waals surface area contributed by atoms with Crippen molar-refractivity contribution in [1.82, 2.24) is 9.80 Å². The molecular weight excluding hydrogens is 428 g/mol. The predicted molar refractivity (Wildman–Crippen MR) is 132 cm³/mol. The molecule has 0 spiro atoms. The Morgan fingerprint density at radius 3 is 2.29 bits per heavy atom. The molecule has 1 atom stereocenters. The lowest BCUT2D eigenvalue weighted by atomic mass is 9.96. The standard InChI is InChI=1S/C28H36N2O4/c1-4-34-24-16-15-22(17-25(24)33-3)27-28(32)29(23-9-7-5-6-8-10-23)19-26(31)30(27)18-21-13-11-20(2)12-14-21/h11-17,23,27H,4-10,18-19H2,1-3H3/t27-/m1/s1. The fourth-order valence-electron chi connectivity index (χ4n) is 5.15. The summed E-state index contributed by atoms with van der Waals surface area (Å²) in [6.45, 7) is 5.03. The predicted octanol–water partition coefficient (Wildman–Crippen LogP) is 5.04. The van der Waals surface area contributed by atoms with Crippen molar-refractivity contribution in [2.45, 2.75) is 71.0 Å². The van der Waals surface area contributed by atoms with Crippen LogP contribution in [-0.4, -0.2) is 47.9 Å². The van der Waals surface area contributed by atoms with E-state index in [-0.39, 0.29) is 24.4 Å². The number of hydrogen-bond acceptors (Lipinski definition) is 4. The van der Waals surface area contributed by atoms with Crippen molar-refractivity contribution in [3.63, 3.8) is 0 Å². The first-order chi connectivity index (χ1) is 16.5. The number of ether oxygens (including phenoxy) is 2. The van der Waals surface area contributed by atoms with Gasteiger partial charge >= 0.3 is 0 Å². The van der Waals surface area contributed by atoms with Crippen molar-refractivity contribution >= 4 is 11.8 Å². The van der Waals surface area contributed by atoms with E-state index in [4.69, 9.17) is 9.47 Å². The summed E-state index contributed by atoms with van der Waals surface area (Å²) >= 11 is 0. The minimum atomic E-state index is -0.685. The van der Waals surface area contributed by atoms with Gasteiger partial charge in [-0.05, 0) is 49.9 Å². The number of amides is 2. The van der Waals surface area contributed by atoms with E-state index in [1.807, 2.05) is 61.2 Å². The number of piperazine rings is 1. The van der Waals surface area contributed by atoms with Crippen LogP contribution in [0.15, 0.2) is 42.5 Å². The molecule has 2 aliphatic rings. The smallest absolute Gasteiger partial charge is 0.250 e. The molecule has 1 saturated carbocycles. The highest BCUT2D eigenvalue weighted by atomic mass is 16.5. The van der Waals surface area contributed by atoms with Crippen LogP contribution in [0.3, 0.4) is 0 Å². The SMILES string of the molecule is CCOc1ccc([C@@H]2C(=O)N(C3CCCCCC3)CC(=O)N2Cc2ccc(C)cc2)cc1OC. The Morgan fingerprint density at radius 1 is 0.941 bits per heavy atom. The van der Waals surface area contributed by atoms with Gasteiger partial charge in [-0.1, -0.05) is 61.6 Å². The number of carbonyl (C=O) groups is 2. The average Bonchev–Trinajstić information content (AvgIpc) is 3.13. The molecule has 4 rings (SSSR count).